The first kappa shape index (κ1) is 17.0. The van der Waals surface area contributed by atoms with E-state index < -0.39 is 0 Å². The molecule has 1 aromatic carbocycles. The van der Waals surface area contributed by atoms with E-state index in [0.29, 0.717) is 19.0 Å². The van der Waals surface area contributed by atoms with Crippen molar-refractivity contribution in [2.45, 2.75) is 20.3 Å². The van der Waals surface area contributed by atoms with Crippen LogP contribution in [-0.4, -0.2) is 25.0 Å². The van der Waals surface area contributed by atoms with E-state index >= 15 is 0 Å². The summed E-state index contributed by atoms with van der Waals surface area (Å²) in [5.41, 5.74) is 9.17. The van der Waals surface area contributed by atoms with Crippen LogP contribution in [-0.2, 0) is 0 Å². The van der Waals surface area contributed by atoms with Crippen molar-refractivity contribution < 1.29 is 4.79 Å². The molecule has 0 unspecified atom stereocenters. The molecular weight excluding hydrogens is 308 g/mol. The van der Waals surface area contributed by atoms with Crippen molar-refractivity contribution in [3.8, 4) is 0 Å². The summed E-state index contributed by atoms with van der Waals surface area (Å²) >= 11 is 1.43. The number of aliphatic imine (C=N–C) groups is 1. The molecule has 0 aliphatic rings. The molecule has 1 heterocycles. The Morgan fingerprint density at radius 3 is 2.65 bits per heavy atom. The third-order valence-electron chi connectivity index (χ3n) is 3.14. The van der Waals surface area contributed by atoms with E-state index in [9.17, 15) is 4.79 Å². The maximum Gasteiger partial charge on any atom is 0.261 e. The van der Waals surface area contributed by atoms with Gasteiger partial charge in [-0.1, -0.05) is 12.1 Å². The summed E-state index contributed by atoms with van der Waals surface area (Å²) in [6.45, 7) is 5.23. The molecule has 0 bridgehead atoms. The van der Waals surface area contributed by atoms with Crippen LogP contribution in [0.3, 0.4) is 0 Å². The number of hydrogen-bond donors (Lipinski definition) is 3. The summed E-state index contributed by atoms with van der Waals surface area (Å²) in [6.07, 6.45) is 0.742. The van der Waals surface area contributed by atoms with Gasteiger partial charge in [-0.05, 0) is 55.0 Å². The number of anilines is 1. The molecule has 4 N–H and O–H groups in total. The number of carbonyl (C=O) groups is 1. The molecule has 0 aliphatic carbocycles. The zero-order chi connectivity index (χ0) is 16.7. The van der Waals surface area contributed by atoms with Crippen LogP contribution < -0.4 is 16.4 Å². The number of amides is 1. The molecule has 0 radical (unpaired) electrons. The van der Waals surface area contributed by atoms with Gasteiger partial charge in [-0.2, -0.15) is 0 Å². The molecule has 0 atom stereocenters. The van der Waals surface area contributed by atoms with Gasteiger partial charge in [-0.15, -0.1) is 11.3 Å². The fourth-order valence-corrected chi connectivity index (χ4v) is 2.85. The zero-order valence-electron chi connectivity index (χ0n) is 13.4. The number of guanidine groups is 1. The van der Waals surface area contributed by atoms with E-state index in [1.165, 1.54) is 22.5 Å². The van der Waals surface area contributed by atoms with Gasteiger partial charge in [-0.3, -0.25) is 9.79 Å². The van der Waals surface area contributed by atoms with Gasteiger partial charge in [0, 0.05) is 18.8 Å². The summed E-state index contributed by atoms with van der Waals surface area (Å²) in [7, 11) is 0. The van der Waals surface area contributed by atoms with Crippen molar-refractivity contribution in [3.63, 3.8) is 0 Å². The van der Waals surface area contributed by atoms with Crippen molar-refractivity contribution in [2.75, 3.05) is 18.4 Å². The van der Waals surface area contributed by atoms with Crippen LogP contribution in [0.2, 0.25) is 0 Å². The molecule has 0 fully saturated rings. The van der Waals surface area contributed by atoms with Gasteiger partial charge in [0.05, 0.1) is 4.88 Å². The lowest BCUT2D eigenvalue weighted by Crippen LogP contribution is -2.25. The highest BCUT2D eigenvalue weighted by Gasteiger charge is 2.04. The Labute approximate surface area is 140 Å². The number of nitrogens with one attached hydrogen (secondary N) is 2. The van der Waals surface area contributed by atoms with E-state index in [4.69, 9.17) is 5.73 Å². The molecule has 23 heavy (non-hydrogen) atoms. The summed E-state index contributed by atoms with van der Waals surface area (Å²) in [5.74, 6) is 0.352. The molecule has 1 amide bonds. The fourth-order valence-electron chi connectivity index (χ4n) is 2.21. The minimum atomic E-state index is -0.0367. The van der Waals surface area contributed by atoms with Crippen molar-refractivity contribution in [1.29, 1.82) is 0 Å². The van der Waals surface area contributed by atoms with Gasteiger partial charge in [-0.25, -0.2) is 0 Å². The molecule has 1 aromatic heterocycles. The first-order valence-corrected chi connectivity index (χ1v) is 8.39. The molecule has 2 rings (SSSR count). The lowest BCUT2D eigenvalue weighted by molar-refractivity contribution is 0.0957. The molecule has 2 aromatic rings. The molecule has 0 aliphatic heterocycles. The van der Waals surface area contributed by atoms with E-state index in [-0.39, 0.29) is 5.91 Å². The Morgan fingerprint density at radius 2 is 2.00 bits per heavy atom. The topological polar surface area (TPSA) is 79.5 Å². The van der Waals surface area contributed by atoms with Gasteiger partial charge < -0.3 is 16.4 Å². The monoisotopic (exact) mass is 330 g/mol. The van der Waals surface area contributed by atoms with Crippen LogP contribution in [0.4, 0.5) is 5.69 Å². The number of rotatable bonds is 6. The van der Waals surface area contributed by atoms with Crippen molar-refractivity contribution >= 4 is 28.9 Å². The Bertz CT molecular complexity index is 660. The Balaban J connectivity index is 1.71. The molecular formula is C17H22N4OS. The standard InChI is InChI=1S/C17H22N4OS/c1-12-9-13(2)11-14(10-12)21-17(18)20-7-4-6-19-16(22)15-5-3-8-23-15/h3,5,8-11H,4,6-7H2,1-2H3,(H,19,22)(H3,18,20,21). The third kappa shape index (κ3) is 5.75. The predicted octanol–water partition coefficient (Wildman–Crippen LogP) is 2.91. The lowest BCUT2D eigenvalue weighted by atomic mass is 10.1. The van der Waals surface area contributed by atoms with Gasteiger partial charge in [0.1, 0.15) is 0 Å². The summed E-state index contributed by atoms with van der Waals surface area (Å²) in [4.78, 5) is 16.7. The summed E-state index contributed by atoms with van der Waals surface area (Å²) in [6, 6.07) is 9.83. The molecule has 0 saturated heterocycles. The third-order valence-corrected chi connectivity index (χ3v) is 4.01. The Morgan fingerprint density at radius 1 is 1.26 bits per heavy atom. The molecule has 5 nitrogen and oxygen atoms in total. The number of nitrogens with zero attached hydrogens (tertiary/aromatic N) is 1. The van der Waals surface area contributed by atoms with Gasteiger partial charge in [0.15, 0.2) is 5.96 Å². The predicted molar refractivity (Wildman–Crippen MR) is 97.3 cm³/mol. The average molecular weight is 330 g/mol. The number of thiophene rings is 1. The van der Waals surface area contributed by atoms with Crippen LogP contribution >= 0.6 is 11.3 Å². The van der Waals surface area contributed by atoms with E-state index in [0.717, 1.165) is 17.0 Å². The highest BCUT2D eigenvalue weighted by atomic mass is 32.1. The molecule has 6 heteroatoms. The van der Waals surface area contributed by atoms with Crippen LogP contribution in [0.15, 0.2) is 40.7 Å². The normalized spacial score (nSPS) is 11.3. The minimum Gasteiger partial charge on any atom is -0.370 e. The number of aryl methyl sites for hydroxylation is 2. The summed E-state index contributed by atoms with van der Waals surface area (Å²) < 4.78 is 0. The fraction of sp³-hybridized carbons (Fsp3) is 0.294. The number of benzene rings is 1. The quantitative estimate of drug-likeness (QED) is 0.433. The van der Waals surface area contributed by atoms with Crippen molar-refractivity contribution in [3.05, 3.63) is 51.7 Å². The second-order valence-electron chi connectivity index (χ2n) is 5.36. The number of hydrogen-bond acceptors (Lipinski definition) is 3. The van der Waals surface area contributed by atoms with Crippen LogP contribution in [0.1, 0.15) is 27.2 Å². The highest BCUT2D eigenvalue weighted by Crippen LogP contribution is 2.13. The SMILES string of the molecule is Cc1cc(C)cc(NC(N)=NCCCNC(=O)c2cccs2)c1. The van der Waals surface area contributed by atoms with Gasteiger partial charge >= 0.3 is 0 Å². The van der Waals surface area contributed by atoms with Gasteiger partial charge in [0.25, 0.3) is 5.91 Å². The van der Waals surface area contributed by atoms with E-state index in [2.05, 4.69) is 21.7 Å². The largest absolute Gasteiger partial charge is 0.370 e. The van der Waals surface area contributed by atoms with Crippen LogP contribution in [0, 0.1) is 13.8 Å². The Kier molecular flexibility index (Phi) is 6.17. The molecule has 0 spiro atoms. The average Bonchev–Trinajstić information content (AvgIpc) is 2.99. The molecule has 122 valence electrons. The van der Waals surface area contributed by atoms with E-state index in [1.807, 2.05) is 43.5 Å². The van der Waals surface area contributed by atoms with Gasteiger partial charge in [0.2, 0.25) is 0 Å². The first-order valence-electron chi connectivity index (χ1n) is 7.51. The number of nitrogens with two attached hydrogens (primary N) is 1. The van der Waals surface area contributed by atoms with E-state index in [1.54, 1.807) is 0 Å². The summed E-state index contributed by atoms with van der Waals surface area (Å²) in [5, 5.41) is 7.84. The van der Waals surface area contributed by atoms with Crippen molar-refractivity contribution in [1.82, 2.24) is 5.32 Å². The zero-order valence-corrected chi connectivity index (χ0v) is 14.2. The minimum absolute atomic E-state index is 0.0367. The Hall–Kier alpha value is -2.34. The number of carbonyl (C=O) groups excluding carboxylic acids is 1. The van der Waals surface area contributed by atoms with Crippen LogP contribution in [0.25, 0.3) is 0 Å². The lowest BCUT2D eigenvalue weighted by Gasteiger charge is -2.08. The smallest absolute Gasteiger partial charge is 0.261 e. The maximum atomic E-state index is 11.7. The van der Waals surface area contributed by atoms with Crippen LogP contribution in [0.5, 0.6) is 0 Å². The second kappa shape index (κ2) is 8.33. The second-order valence-corrected chi connectivity index (χ2v) is 6.30. The highest BCUT2D eigenvalue weighted by molar-refractivity contribution is 7.12. The van der Waals surface area contributed by atoms with Crippen molar-refractivity contribution in [2.24, 2.45) is 10.7 Å². The molecule has 0 saturated carbocycles. The maximum absolute atomic E-state index is 11.7. The first-order chi connectivity index (χ1) is 11.0.